The summed E-state index contributed by atoms with van der Waals surface area (Å²) in [6, 6.07) is 8.02. The molecule has 0 unspecified atom stereocenters. The normalized spacial score (nSPS) is 19.8. The molecule has 0 saturated heterocycles. The van der Waals surface area contributed by atoms with E-state index in [1.807, 2.05) is 12.1 Å². The van der Waals surface area contributed by atoms with E-state index in [-0.39, 0.29) is 23.2 Å². The van der Waals surface area contributed by atoms with E-state index in [4.69, 9.17) is 9.47 Å². The molecule has 5 heteroatoms. The molecule has 0 aliphatic heterocycles. The fraction of sp³-hybridized carbons (Fsp3) is 0.391. The second kappa shape index (κ2) is 9.18. The minimum Gasteiger partial charge on any atom is -0.494 e. The number of hydrogen-bond donors (Lipinski definition) is 0. The molecule has 0 radical (unpaired) electrons. The van der Waals surface area contributed by atoms with Gasteiger partial charge in [0.25, 0.3) is 0 Å². The van der Waals surface area contributed by atoms with E-state index in [1.165, 1.54) is 19.2 Å². The summed E-state index contributed by atoms with van der Waals surface area (Å²) in [5, 5.41) is 0. The zero-order valence-electron chi connectivity index (χ0n) is 16.2. The molecule has 1 saturated carbocycles. The molecule has 28 heavy (non-hydrogen) atoms. The zero-order chi connectivity index (χ0) is 20.1. The van der Waals surface area contributed by atoms with E-state index in [9.17, 15) is 13.2 Å². The summed E-state index contributed by atoms with van der Waals surface area (Å²) in [5.74, 6) is -1.54. The lowest BCUT2D eigenvalue weighted by atomic mass is 9.78. The molecular formula is C23H25F3O2. The highest BCUT2D eigenvalue weighted by molar-refractivity contribution is 5.51. The van der Waals surface area contributed by atoms with E-state index in [2.05, 4.69) is 6.08 Å². The molecule has 0 bridgehead atoms. The molecule has 1 aliphatic carbocycles. The maximum Gasteiger partial charge on any atom is 0.200 e. The molecular weight excluding hydrogens is 365 g/mol. The molecule has 3 rings (SSSR count). The van der Waals surface area contributed by atoms with Crippen LogP contribution in [0.1, 0.15) is 49.7 Å². The Morgan fingerprint density at radius 3 is 2.32 bits per heavy atom. The summed E-state index contributed by atoms with van der Waals surface area (Å²) in [5.41, 5.74) is 1.21. The summed E-state index contributed by atoms with van der Waals surface area (Å²) in [6.45, 7) is 2.03. The fourth-order valence-electron chi connectivity index (χ4n) is 3.79. The Morgan fingerprint density at radius 2 is 1.68 bits per heavy atom. The van der Waals surface area contributed by atoms with E-state index < -0.39 is 11.6 Å². The predicted octanol–water partition coefficient (Wildman–Crippen LogP) is 6.50. The first-order chi connectivity index (χ1) is 13.5. The maximum atomic E-state index is 14.4. The Morgan fingerprint density at radius 1 is 0.964 bits per heavy atom. The van der Waals surface area contributed by atoms with Crippen molar-refractivity contribution in [2.75, 3.05) is 13.7 Å². The molecule has 150 valence electrons. The maximum absolute atomic E-state index is 14.4. The van der Waals surface area contributed by atoms with Crippen LogP contribution in [0.3, 0.4) is 0 Å². The third kappa shape index (κ3) is 4.51. The molecule has 1 aliphatic rings. The molecule has 2 nitrogen and oxygen atoms in total. The number of rotatable bonds is 6. The van der Waals surface area contributed by atoms with Gasteiger partial charge in [-0.3, -0.25) is 0 Å². The average Bonchev–Trinajstić information content (AvgIpc) is 2.71. The first-order valence-electron chi connectivity index (χ1n) is 9.65. The third-order valence-corrected chi connectivity index (χ3v) is 5.32. The van der Waals surface area contributed by atoms with Crippen LogP contribution in [0.5, 0.6) is 11.5 Å². The smallest absolute Gasteiger partial charge is 0.200 e. The number of methoxy groups -OCH3 is 1. The van der Waals surface area contributed by atoms with E-state index in [1.54, 1.807) is 19.1 Å². The first kappa shape index (κ1) is 20.3. The summed E-state index contributed by atoms with van der Waals surface area (Å²) >= 11 is 0. The average molecular weight is 390 g/mol. The molecule has 2 aromatic rings. The van der Waals surface area contributed by atoms with Crippen molar-refractivity contribution in [2.45, 2.75) is 38.5 Å². The van der Waals surface area contributed by atoms with Gasteiger partial charge in [-0.2, -0.15) is 4.39 Å². The molecule has 0 heterocycles. The summed E-state index contributed by atoms with van der Waals surface area (Å²) < 4.78 is 52.4. The third-order valence-electron chi connectivity index (χ3n) is 5.32. The van der Waals surface area contributed by atoms with Crippen LogP contribution in [0, 0.1) is 23.4 Å². The lowest BCUT2D eigenvalue weighted by Gasteiger charge is -2.27. The molecule has 2 aromatic carbocycles. The van der Waals surface area contributed by atoms with Crippen LogP contribution in [0.4, 0.5) is 13.2 Å². The molecule has 0 atom stereocenters. The Kier molecular flexibility index (Phi) is 6.65. The van der Waals surface area contributed by atoms with Crippen molar-refractivity contribution in [3.05, 3.63) is 65.0 Å². The highest BCUT2D eigenvalue weighted by atomic mass is 19.2. The lowest BCUT2D eigenvalue weighted by Crippen LogP contribution is -2.14. The van der Waals surface area contributed by atoms with Gasteiger partial charge in [0, 0.05) is 0 Å². The van der Waals surface area contributed by atoms with E-state index >= 15 is 0 Å². The summed E-state index contributed by atoms with van der Waals surface area (Å²) in [4.78, 5) is 0. The van der Waals surface area contributed by atoms with Crippen molar-refractivity contribution < 1.29 is 22.6 Å². The van der Waals surface area contributed by atoms with Gasteiger partial charge in [-0.1, -0.05) is 24.3 Å². The predicted molar refractivity (Wildman–Crippen MR) is 104 cm³/mol. The van der Waals surface area contributed by atoms with Crippen LogP contribution in [0.25, 0.3) is 6.08 Å². The van der Waals surface area contributed by atoms with Crippen molar-refractivity contribution in [3.8, 4) is 11.5 Å². The Bertz CT molecular complexity index is 840. The minimum atomic E-state index is -0.900. The van der Waals surface area contributed by atoms with Gasteiger partial charge in [-0.05, 0) is 73.8 Å². The number of benzene rings is 2. The van der Waals surface area contributed by atoms with Gasteiger partial charge in [0.15, 0.2) is 23.1 Å². The summed E-state index contributed by atoms with van der Waals surface area (Å²) in [7, 11) is 1.44. The second-order valence-corrected chi connectivity index (χ2v) is 7.08. The molecule has 1 fully saturated rings. The minimum absolute atomic E-state index is 0.00765. The topological polar surface area (TPSA) is 18.5 Å². The van der Waals surface area contributed by atoms with Gasteiger partial charge in [0.05, 0.1) is 13.7 Å². The molecule has 0 amide bonds. The van der Waals surface area contributed by atoms with Crippen LogP contribution in [-0.2, 0) is 0 Å². The van der Waals surface area contributed by atoms with Crippen molar-refractivity contribution in [3.63, 3.8) is 0 Å². The van der Waals surface area contributed by atoms with Gasteiger partial charge in [0.2, 0.25) is 5.82 Å². The van der Waals surface area contributed by atoms with Crippen molar-refractivity contribution in [1.82, 2.24) is 0 Å². The fourth-order valence-corrected chi connectivity index (χ4v) is 3.79. The standard InChI is InChI=1S/C23H25F3O2/c1-3-28-21-13-11-18(22(25)23(21)26)17-9-6-15(7-10-17)4-5-16-8-12-20(27-2)19(24)14-16/h4-5,8,11-15,17H,3,6-7,9-10H2,1-2H3/b5-4+. The van der Waals surface area contributed by atoms with Crippen LogP contribution in [0.15, 0.2) is 36.4 Å². The van der Waals surface area contributed by atoms with Crippen LogP contribution < -0.4 is 9.47 Å². The Labute approximate surface area is 164 Å². The number of hydrogen-bond acceptors (Lipinski definition) is 2. The monoisotopic (exact) mass is 390 g/mol. The second-order valence-electron chi connectivity index (χ2n) is 7.08. The van der Waals surface area contributed by atoms with Crippen LogP contribution in [-0.4, -0.2) is 13.7 Å². The van der Waals surface area contributed by atoms with Crippen LogP contribution in [0.2, 0.25) is 0 Å². The number of allylic oxidation sites excluding steroid dienone is 1. The van der Waals surface area contributed by atoms with Gasteiger partial charge < -0.3 is 9.47 Å². The SMILES string of the molecule is CCOc1ccc(C2CCC(/C=C/c3ccc(OC)c(F)c3)CC2)c(F)c1F. The number of ether oxygens (including phenoxy) is 2. The quantitative estimate of drug-likeness (QED) is 0.561. The Hall–Kier alpha value is -2.43. The van der Waals surface area contributed by atoms with Gasteiger partial charge in [-0.25, -0.2) is 8.78 Å². The van der Waals surface area contributed by atoms with Crippen LogP contribution >= 0.6 is 0 Å². The van der Waals surface area contributed by atoms with E-state index in [0.717, 1.165) is 31.2 Å². The molecule has 0 spiro atoms. The van der Waals surface area contributed by atoms with E-state index in [0.29, 0.717) is 18.1 Å². The van der Waals surface area contributed by atoms with Crippen molar-refractivity contribution in [1.29, 1.82) is 0 Å². The lowest BCUT2D eigenvalue weighted by molar-refractivity contribution is 0.310. The first-order valence-corrected chi connectivity index (χ1v) is 9.65. The highest BCUT2D eigenvalue weighted by Gasteiger charge is 2.25. The largest absolute Gasteiger partial charge is 0.494 e. The van der Waals surface area contributed by atoms with Gasteiger partial charge in [-0.15, -0.1) is 0 Å². The zero-order valence-corrected chi connectivity index (χ0v) is 16.2. The highest BCUT2D eigenvalue weighted by Crippen LogP contribution is 2.39. The van der Waals surface area contributed by atoms with Crippen molar-refractivity contribution in [2.24, 2.45) is 5.92 Å². The van der Waals surface area contributed by atoms with Gasteiger partial charge in [0.1, 0.15) is 0 Å². The molecule has 0 aromatic heterocycles. The Balaban J connectivity index is 1.62. The van der Waals surface area contributed by atoms with Gasteiger partial charge >= 0.3 is 0 Å². The number of halogens is 3. The van der Waals surface area contributed by atoms with Crippen molar-refractivity contribution >= 4 is 6.08 Å². The molecule has 0 N–H and O–H groups in total. The summed E-state index contributed by atoms with van der Waals surface area (Å²) in [6.07, 6.45) is 7.33.